The Bertz CT molecular complexity index is 419. The van der Waals surface area contributed by atoms with Crippen LogP contribution in [0.1, 0.15) is 25.3 Å². The van der Waals surface area contributed by atoms with Crippen LogP contribution in [-0.4, -0.2) is 18.2 Å². The number of nitrogens with one attached hydrogen (secondary N) is 1. The van der Waals surface area contributed by atoms with E-state index in [1.807, 2.05) is 12.1 Å². The summed E-state index contributed by atoms with van der Waals surface area (Å²) in [6.07, 6.45) is 2.80. The SMILES string of the molecule is CC1(C(Cc2ccc(Cl)cc2Cl)NN)CCCO1. The molecule has 5 heteroatoms. The van der Waals surface area contributed by atoms with Crippen molar-refractivity contribution in [3.05, 3.63) is 33.8 Å². The molecule has 2 unspecified atom stereocenters. The highest BCUT2D eigenvalue weighted by Crippen LogP contribution is 2.31. The van der Waals surface area contributed by atoms with Gasteiger partial charge in [0, 0.05) is 16.7 Å². The summed E-state index contributed by atoms with van der Waals surface area (Å²) in [7, 11) is 0. The Morgan fingerprint density at radius 2 is 2.28 bits per heavy atom. The van der Waals surface area contributed by atoms with Crippen LogP contribution in [0.3, 0.4) is 0 Å². The Balaban J connectivity index is 2.15. The summed E-state index contributed by atoms with van der Waals surface area (Å²) in [6.45, 7) is 2.89. The molecule has 1 aliphatic rings. The van der Waals surface area contributed by atoms with E-state index in [2.05, 4.69) is 12.3 Å². The second-order valence-electron chi connectivity index (χ2n) is 4.92. The molecule has 1 saturated heterocycles. The molecule has 0 aromatic heterocycles. The van der Waals surface area contributed by atoms with Crippen LogP contribution in [0.5, 0.6) is 0 Å². The summed E-state index contributed by atoms with van der Waals surface area (Å²) in [5.74, 6) is 5.67. The van der Waals surface area contributed by atoms with E-state index in [1.54, 1.807) is 6.07 Å². The number of hydrogen-bond acceptors (Lipinski definition) is 3. The Morgan fingerprint density at radius 3 is 2.83 bits per heavy atom. The second kappa shape index (κ2) is 5.76. The van der Waals surface area contributed by atoms with Crippen molar-refractivity contribution in [2.75, 3.05) is 6.61 Å². The number of hydrogen-bond donors (Lipinski definition) is 2. The minimum atomic E-state index is -0.224. The molecule has 1 aromatic carbocycles. The number of hydrazine groups is 1. The van der Waals surface area contributed by atoms with Gasteiger partial charge in [-0.15, -0.1) is 0 Å². The van der Waals surface area contributed by atoms with Crippen molar-refractivity contribution >= 4 is 23.2 Å². The van der Waals surface area contributed by atoms with Crippen molar-refractivity contribution in [3.8, 4) is 0 Å². The van der Waals surface area contributed by atoms with Crippen LogP contribution >= 0.6 is 23.2 Å². The molecular weight excluding hydrogens is 271 g/mol. The molecule has 18 heavy (non-hydrogen) atoms. The normalized spacial score (nSPS) is 25.3. The largest absolute Gasteiger partial charge is 0.374 e. The average Bonchev–Trinajstić information content (AvgIpc) is 2.76. The molecule has 1 heterocycles. The molecule has 0 bridgehead atoms. The monoisotopic (exact) mass is 288 g/mol. The van der Waals surface area contributed by atoms with Crippen molar-refractivity contribution in [2.24, 2.45) is 5.84 Å². The van der Waals surface area contributed by atoms with Crippen LogP contribution in [-0.2, 0) is 11.2 Å². The van der Waals surface area contributed by atoms with Gasteiger partial charge >= 0.3 is 0 Å². The van der Waals surface area contributed by atoms with E-state index in [9.17, 15) is 0 Å². The third-order valence-electron chi connectivity index (χ3n) is 3.63. The van der Waals surface area contributed by atoms with Gasteiger partial charge in [0.15, 0.2) is 0 Å². The maximum atomic E-state index is 6.19. The number of halogens is 2. The number of rotatable bonds is 4. The zero-order valence-corrected chi connectivity index (χ0v) is 11.9. The number of benzene rings is 1. The fourth-order valence-corrected chi connectivity index (χ4v) is 2.92. The van der Waals surface area contributed by atoms with Gasteiger partial charge in [-0.2, -0.15) is 0 Å². The molecule has 0 aliphatic carbocycles. The van der Waals surface area contributed by atoms with Gasteiger partial charge in [0.1, 0.15) is 0 Å². The highest BCUT2D eigenvalue weighted by atomic mass is 35.5. The van der Waals surface area contributed by atoms with Crippen molar-refractivity contribution in [2.45, 2.75) is 37.8 Å². The van der Waals surface area contributed by atoms with Crippen molar-refractivity contribution in [1.82, 2.24) is 5.43 Å². The fraction of sp³-hybridized carbons (Fsp3) is 0.538. The van der Waals surface area contributed by atoms with E-state index in [0.717, 1.165) is 31.4 Å². The highest BCUT2D eigenvalue weighted by molar-refractivity contribution is 6.35. The second-order valence-corrected chi connectivity index (χ2v) is 5.77. The lowest BCUT2D eigenvalue weighted by Gasteiger charge is -2.33. The lowest BCUT2D eigenvalue weighted by molar-refractivity contribution is -0.0115. The van der Waals surface area contributed by atoms with Gasteiger partial charge in [0.25, 0.3) is 0 Å². The summed E-state index contributed by atoms with van der Waals surface area (Å²) in [4.78, 5) is 0. The Morgan fingerprint density at radius 1 is 1.50 bits per heavy atom. The summed E-state index contributed by atoms with van der Waals surface area (Å²) in [5.41, 5.74) is 3.66. The third-order valence-corrected chi connectivity index (χ3v) is 4.21. The molecule has 2 rings (SSSR count). The Labute approximate surface area is 118 Å². The molecule has 0 radical (unpaired) electrons. The molecule has 1 aliphatic heterocycles. The molecule has 0 amide bonds. The Hall–Kier alpha value is -0.320. The topological polar surface area (TPSA) is 47.3 Å². The number of nitrogens with two attached hydrogens (primary N) is 1. The van der Waals surface area contributed by atoms with Crippen LogP contribution < -0.4 is 11.3 Å². The standard InChI is InChI=1S/C13H18Cl2N2O/c1-13(5-2-6-18-13)12(17-16)7-9-3-4-10(14)8-11(9)15/h3-4,8,12,17H,2,5-7,16H2,1H3. The lowest BCUT2D eigenvalue weighted by atomic mass is 9.89. The van der Waals surface area contributed by atoms with Gasteiger partial charge in [-0.1, -0.05) is 29.3 Å². The van der Waals surface area contributed by atoms with E-state index in [0.29, 0.717) is 10.0 Å². The van der Waals surface area contributed by atoms with Gasteiger partial charge in [-0.05, 0) is 43.9 Å². The molecule has 2 atom stereocenters. The average molecular weight is 289 g/mol. The molecule has 0 saturated carbocycles. The van der Waals surface area contributed by atoms with E-state index in [-0.39, 0.29) is 11.6 Å². The molecule has 1 aromatic rings. The van der Waals surface area contributed by atoms with Gasteiger partial charge in [0.2, 0.25) is 0 Å². The highest BCUT2D eigenvalue weighted by Gasteiger charge is 2.38. The first-order valence-electron chi connectivity index (χ1n) is 6.09. The summed E-state index contributed by atoms with van der Waals surface area (Å²) < 4.78 is 5.82. The molecular formula is C13H18Cl2N2O. The molecule has 3 N–H and O–H groups in total. The van der Waals surface area contributed by atoms with Crippen LogP contribution in [0.4, 0.5) is 0 Å². The fourth-order valence-electron chi connectivity index (χ4n) is 2.43. The zero-order chi connectivity index (χ0) is 13.2. The minimum absolute atomic E-state index is 0.0404. The van der Waals surface area contributed by atoms with Crippen molar-refractivity contribution in [3.63, 3.8) is 0 Å². The predicted octanol–water partition coefficient (Wildman–Crippen LogP) is 2.94. The van der Waals surface area contributed by atoms with E-state index < -0.39 is 0 Å². The van der Waals surface area contributed by atoms with Gasteiger partial charge in [-0.3, -0.25) is 11.3 Å². The maximum Gasteiger partial charge on any atom is 0.0824 e. The van der Waals surface area contributed by atoms with Crippen molar-refractivity contribution < 1.29 is 4.74 Å². The van der Waals surface area contributed by atoms with Gasteiger partial charge < -0.3 is 4.74 Å². The molecule has 0 spiro atoms. The molecule has 1 fully saturated rings. The third kappa shape index (κ3) is 2.98. The number of ether oxygens (including phenoxy) is 1. The van der Waals surface area contributed by atoms with Gasteiger partial charge in [0.05, 0.1) is 11.6 Å². The van der Waals surface area contributed by atoms with Crippen LogP contribution in [0.2, 0.25) is 10.0 Å². The van der Waals surface area contributed by atoms with Gasteiger partial charge in [-0.25, -0.2) is 0 Å². The summed E-state index contributed by atoms with van der Waals surface area (Å²) >= 11 is 12.1. The predicted molar refractivity (Wildman–Crippen MR) is 74.9 cm³/mol. The first-order chi connectivity index (χ1) is 8.55. The van der Waals surface area contributed by atoms with E-state index in [4.69, 9.17) is 33.8 Å². The van der Waals surface area contributed by atoms with E-state index in [1.165, 1.54) is 0 Å². The van der Waals surface area contributed by atoms with Crippen LogP contribution in [0.25, 0.3) is 0 Å². The smallest absolute Gasteiger partial charge is 0.0824 e. The molecule has 100 valence electrons. The summed E-state index contributed by atoms with van der Waals surface area (Å²) in [5, 5.41) is 1.31. The minimum Gasteiger partial charge on any atom is -0.374 e. The maximum absolute atomic E-state index is 6.19. The Kier molecular flexibility index (Phi) is 4.51. The van der Waals surface area contributed by atoms with E-state index >= 15 is 0 Å². The zero-order valence-electron chi connectivity index (χ0n) is 10.4. The molecule has 3 nitrogen and oxygen atoms in total. The lowest BCUT2D eigenvalue weighted by Crippen LogP contribution is -2.52. The van der Waals surface area contributed by atoms with Crippen molar-refractivity contribution in [1.29, 1.82) is 0 Å². The first kappa shape index (κ1) is 14.1. The summed E-state index contributed by atoms with van der Waals surface area (Å²) in [6, 6.07) is 5.57. The quantitative estimate of drug-likeness (QED) is 0.662. The van der Waals surface area contributed by atoms with Crippen LogP contribution in [0, 0.1) is 0 Å². The first-order valence-corrected chi connectivity index (χ1v) is 6.85. The van der Waals surface area contributed by atoms with Crippen LogP contribution in [0.15, 0.2) is 18.2 Å².